The van der Waals surface area contributed by atoms with E-state index in [1.54, 1.807) is 19.1 Å². The molecular formula is C14H14F2N2OS. The number of thiophene rings is 1. The monoisotopic (exact) mass is 296 g/mol. The summed E-state index contributed by atoms with van der Waals surface area (Å²) in [5.41, 5.74) is 0.621. The number of allylic oxidation sites excluding steroid dienone is 1. The highest BCUT2D eigenvalue weighted by atomic mass is 32.1. The van der Waals surface area contributed by atoms with Crippen molar-refractivity contribution in [2.24, 2.45) is 0 Å². The molecule has 3 nitrogen and oxygen atoms in total. The zero-order chi connectivity index (χ0) is 15.1. The maximum absolute atomic E-state index is 13.6. The first-order chi connectivity index (χ1) is 9.20. The van der Waals surface area contributed by atoms with E-state index in [1.807, 2.05) is 0 Å². The van der Waals surface area contributed by atoms with Gasteiger partial charge in [0.05, 0.1) is 9.75 Å². The second-order valence-corrected chi connectivity index (χ2v) is 5.75. The number of hydrogen-bond donors (Lipinski definition) is 0. The molecule has 0 unspecified atom stereocenters. The third kappa shape index (κ3) is 2.70. The van der Waals surface area contributed by atoms with Gasteiger partial charge in [-0.1, -0.05) is 6.58 Å². The number of Topliss-reactive ketones (excluding diaryl/α,β-unsaturated/α-hetero) is 1. The minimum atomic E-state index is -3.01. The standard InChI is InChI=1S/C14H14F2N2OS/c1-8(2)18-13(14(4,15)16)7-10(17-18)12-6-5-11(20-12)9(3)19/h5-7H,1H2,2-4H3. The van der Waals surface area contributed by atoms with Gasteiger partial charge in [-0.05, 0) is 32.0 Å². The summed E-state index contributed by atoms with van der Waals surface area (Å²) in [5, 5.41) is 4.16. The fourth-order valence-electron chi connectivity index (χ4n) is 1.77. The second kappa shape index (κ2) is 4.94. The molecule has 0 N–H and O–H groups in total. The van der Waals surface area contributed by atoms with E-state index < -0.39 is 5.92 Å². The number of carbonyl (C=O) groups is 1. The molecule has 2 aromatic heterocycles. The Morgan fingerprint density at radius 1 is 1.40 bits per heavy atom. The van der Waals surface area contributed by atoms with E-state index in [1.165, 1.54) is 24.3 Å². The van der Waals surface area contributed by atoms with Gasteiger partial charge in [0, 0.05) is 12.6 Å². The molecule has 20 heavy (non-hydrogen) atoms. The lowest BCUT2D eigenvalue weighted by Gasteiger charge is -2.12. The fraction of sp³-hybridized carbons (Fsp3) is 0.286. The van der Waals surface area contributed by atoms with Gasteiger partial charge in [-0.25, -0.2) is 4.68 Å². The Kier molecular flexibility index (Phi) is 3.60. The van der Waals surface area contributed by atoms with Crippen LogP contribution in [0.2, 0.25) is 0 Å². The molecule has 0 spiro atoms. The number of alkyl halides is 2. The van der Waals surface area contributed by atoms with Gasteiger partial charge in [0.25, 0.3) is 5.92 Å². The first-order valence-electron chi connectivity index (χ1n) is 5.95. The van der Waals surface area contributed by atoms with E-state index in [-0.39, 0.29) is 11.5 Å². The van der Waals surface area contributed by atoms with Crippen LogP contribution in [0.25, 0.3) is 16.3 Å². The number of halogens is 2. The van der Waals surface area contributed by atoms with E-state index in [0.29, 0.717) is 21.1 Å². The highest BCUT2D eigenvalue weighted by molar-refractivity contribution is 7.17. The van der Waals surface area contributed by atoms with Gasteiger partial charge in [0.15, 0.2) is 5.78 Å². The molecule has 0 bridgehead atoms. The second-order valence-electron chi connectivity index (χ2n) is 4.67. The molecule has 0 radical (unpaired) electrons. The van der Waals surface area contributed by atoms with Crippen molar-refractivity contribution in [3.63, 3.8) is 0 Å². The lowest BCUT2D eigenvalue weighted by molar-refractivity contribution is 0.0105. The average Bonchev–Trinajstić information content (AvgIpc) is 2.94. The maximum atomic E-state index is 13.6. The van der Waals surface area contributed by atoms with E-state index >= 15 is 0 Å². The Bertz CT molecular complexity index is 680. The van der Waals surface area contributed by atoms with E-state index in [4.69, 9.17) is 0 Å². The third-order valence-electron chi connectivity index (χ3n) is 2.73. The van der Waals surface area contributed by atoms with Crippen LogP contribution in [0, 0.1) is 0 Å². The predicted octanol–water partition coefficient (Wildman–Crippen LogP) is 4.42. The molecule has 2 aromatic rings. The maximum Gasteiger partial charge on any atom is 0.287 e. The number of aromatic nitrogens is 2. The van der Waals surface area contributed by atoms with E-state index in [9.17, 15) is 13.6 Å². The third-order valence-corrected chi connectivity index (χ3v) is 3.93. The predicted molar refractivity (Wildman–Crippen MR) is 76.1 cm³/mol. The molecule has 0 amide bonds. The normalized spacial score (nSPS) is 11.7. The van der Waals surface area contributed by atoms with Crippen LogP contribution in [-0.2, 0) is 5.92 Å². The van der Waals surface area contributed by atoms with Gasteiger partial charge in [0.1, 0.15) is 11.4 Å². The van der Waals surface area contributed by atoms with Crippen molar-refractivity contribution in [1.82, 2.24) is 9.78 Å². The summed E-state index contributed by atoms with van der Waals surface area (Å²) in [7, 11) is 0. The quantitative estimate of drug-likeness (QED) is 0.783. The summed E-state index contributed by atoms with van der Waals surface area (Å²) in [6, 6.07) is 4.72. The summed E-state index contributed by atoms with van der Waals surface area (Å²) in [4.78, 5) is 12.5. The zero-order valence-electron chi connectivity index (χ0n) is 11.4. The molecule has 106 valence electrons. The topological polar surface area (TPSA) is 34.9 Å². The highest BCUT2D eigenvalue weighted by Gasteiger charge is 2.31. The molecule has 0 aliphatic heterocycles. The molecule has 0 saturated heterocycles. The molecule has 2 rings (SSSR count). The summed E-state index contributed by atoms with van der Waals surface area (Å²) in [5.74, 6) is -3.06. The van der Waals surface area contributed by atoms with Gasteiger partial charge in [-0.15, -0.1) is 11.3 Å². The first kappa shape index (κ1) is 14.6. The summed E-state index contributed by atoms with van der Waals surface area (Å²) in [6.07, 6.45) is 0. The van der Waals surface area contributed by atoms with Crippen molar-refractivity contribution in [2.45, 2.75) is 26.7 Å². The highest BCUT2D eigenvalue weighted by Crippen LogP contribution is 2.34. The summed E-state index contributed by atoms with van der Waals surface area (Å²) >= 11 is 1.24. The van der Waals surface area contributed by atoms with Crippen LogP contribution < -0.4 is 0 Å². The van der Waals surface area contributed by atoms with Crippen molar-refractivity contribution in [1.29, 1.82) is 0 Å². The summed E-state index contributed by atoms with van der Waals surface area (Å²) < 4.78 is 28.3. The largest absolute Gasteiger partial charge is 0.294 e. The molecule has 0 aliphatic carbocycles. The number of carbonyl (C=O) groups excluding carboxylic acids is 1. The molecule has 6 heteroatoms. The average molecular weight is 296 g/mol. The Labute approximate surface area is 119 Å². The minimum Gasteiger partial charge on any atom is -0.294 e. The number of ketones is 1. The van der Waals surface area contributed by atoms with Crippen LogP contribution in [0.15, 0.2) is 24.8 Å². The van der Waals surface area contributed by atoms with Gasteiger partial charge < -0.3 is 0 Å². The van der Waals surface area contributed by atoms with E-state index in [0.717, 1.165) is 11.6 Å². The van der Waals surface area contributed by atoms with Gasteiger partial charge in [-0.3, -0.25) is 4.79 Å². The van der Waals surface area contributed by atoms with Gasteiger partial charge >= 0.3 is 0 Å². The molecule has 0 atom stereocenters. The van der Waals surface area contributed by atoms with Crippen LogP contribution in [0.3, 0.4) is 0 Å². The van der Waals surface area contributed by atoms with Crippen molar-refractivity contribution in [2.75, 3.05) is 0 Å². The van der Waals surface area contributed by atoms with Crippen LogP contribution in [0.5, 0.6) is 0 Å². The Morgan fingerprint density at radius 2 is 2.05 bits per heavy atom. The van der Waals surface area contributed by atoms with E-state index in [2.05, 4.69) is 11.7 Å². The molecule has 0 aliphatic rings. The lowest BCUT2D eigenvalue weighted by Crippen LogP contribution is -2.14. The minimum absolute atomic E-state index is 0.0540. The van der Waals surface area contributed by atoms with Crippen LogP contribution in [0.1, 0.15) is 36.1 Å². The molecule has 0 aromatic carbocycles. The van der Waals surface area contributed by atoms with Gasteiger partial charge in [-0.2, -0.15) is 13.9 Å². The lowest BCUT2D eigenvalue weighted by atomic mass is 10.2. The first-order valence-corrected chi connectivity index (χ1v) is 6.77. The number of nitrogens with zero attached hydrogens (tertiary/aromatic N) is 2. The van der Waals surface area contributed by atoms with Crippen molar-refractivity contribution >= 4 is 22.8 Å². The van der Waals surface area contributed by atoms with Crippen LogP contribution in [0.4, 0.5) is 8.78 Å². The zero-order valence-corrected chi connectivity index (χ0v) is 12.2. The number of rotatable bonds is 4. The van der Waals surface area contributed by atoms with Crippen molar-refractivity contribution in [3.05, 3.63) is 35.3 Å². The summed E-state index contributed by atoms with van der Waals surface area (Å²) in [6.45, 7) is 7.56. The number of hydrogen-bond acceptors (Lipinski definition) is 3. The smallest absolute Gasteiger partial charge is 0.287 e. The van der Waals surface area contributed by atoms with Crippen molar-refractivity contribution < 1.29 is 13.6 Å². The Morgan fingerprint density at radius 3 is 2.45 bits per heavy atom. The Hall–Kier alpha value is -1.82. The molecule has 0 fully saturated rings. The van der Waals surface area contributed by atoms with Crippen molar-refractivity contribution in [3.8, 4) is 10.6 Å². The molecule has 0 saturated carbocycles. The molecular weight excluding hydrogens is 282 g/mol. The molecule has 2 heterocycles. The van der Waals surface area contributed by atoms with Gasteiger partial charge in [0.2, 0.25) is 0 Å². The fourth-order valence-corrected chi connectivity index (χ4v) is 2.63. The Balaban J connectivity index is 2.53. The van der Waals surface area contributed by atoms with Crippen LogP contribution >= 0.6 is 11.3 Å². The SMILES string of the molecule is C=C(C)n1nc(-c2ccc(C(C)=O)s2)cc1C(C)(F)F. The van der Waals surface area contributed by atoms with Crippen LogP contribution in [-0.4, -0.2) is 15.6 Å².